The quantitative estimate of drug-likeness (QED) is 0.622. The first-order valence-electron chi connectivity index (χ1n) is 8.50. The van der Waals surface area contributed by atoms with E-state index in [-0.39, 0.29) is 24.2 Å². The van der Waals surface area contributed by atoms with Gasteiger partial charge in [0.25, 0.3) is 5.91 Å². The molecule has 0 spiro atoms. The van der Waals surface area contributed by atoms with E-state index in [9.17, 15) is 14.0 Å². The topological polar surface area (TPSA) is 76.0 Å². The number of aromatic nitrogens is 2. The van der Waals surface area contributed by atoms with E-state index < -0.39 is 0 Å². The third kappa shape index (κ3) is 4.58. The Labute approximate surface area is 166 Å². The molecule has 2 N–H and O–H groups in total. The zero-order valence-electron chi connectivity index (χ0n) is 15.4. The molecule has 28 heavy (non-hydrogen) atoms. The number of anilines is 1. The zero-order valence-corrected chi connectivity index (χ0v) is 16.2. The van der Waals surface area contributed by atoms with Crippen molar-refractivity contribution >= 4 is 29.3 Å². The van der Waals surface area contributed by atoms with Gasteiger partial charge in [0.2, 0.25) is 5.91 Å². The number of halogens is 1. The lowest BCUT2D eigenvalue weighted by atomic mass is 10.2. The van der Waals surface area contributed by atoms with Crippen molar-refractivity contribution in [2.24, 2.45) is 0 Å². The van der Waals surface area contributed by atoms with E-state index in [4.69, 9.17) is 0 Å². The van der Waals surface area contributed by atoms with Gasteiger partial charge in [0.05, 0.1) is 6.20 Å². The van der Waals surface area contributed by atoms with Gasteiger partial charge in [-0.1, -0.05) is 23.9 Å². The molecule has 1 aromatic heterocycles. The van der Waals surface area contributed by atoms with Gasteiger partial charge in [-0.25, -0.2) is 9.37 Å². The van der Waals surface area contributed by atoms with Crippen molar-refractivity contribution in [3.05, 3.63) is 71.8 Å². The van der Waals surface area contributed by atoms with Crippen molar-refractivity contribution in [2.75, 3.05) is 11.6 Å². The first kappa shape index (κ1) is 19.6. The highest BCUT2D eigenvalue weighted by Gasteiger charge is 2.17. The highest BCUT2D eigenvalue weighted by Crippen LogP contribution is 2.22. The maximum Gasteiger partial charge on any atom is 0.270 e. The molecule has 1 heterocycles. The van der Waals surface area contributed by atoms with Gasteiger partial charge in [0.1, 0.15) is 11.5 Å². The Morgan fingerprint density at radius 1 is 1.18 bits per heavy atom. The van der Waals surface area contributed by atoms with Crippen LogP contribution in [0.3, 0.4) is 0 Å². The summed E-state index contributed by atoms with van der Waals surface area (Å²) in [4.78, 5) is 28.2. The van der Waals surface area contributed by atoms with E-state index in [1.165, 1.54) is 37.0 Å². The fourth-order valence-electron chi connectivity index (χ4n) is 2.71. The second kappa shape index (κ2) is 8.71. The van der Waals surface area contributed by atoms with E-state index in [1.54, 1.807) is 34.9 Å². The molecule has 2 amide bonds. The van der Waals surface area contributed by atoms with E-state index in [1.807, 2.05) is 12.3 Å². The van der Waals surface area contributed by atoms with Crippen molar-refractivity contribution in [3.8, 4) is 5.69 Å². The molecule has 0 bridgehead atoms. The van der Waals surface area contributed by atoms with Crippen molar-refractivity contribution < 1.29 is 14.0 Å². The van der Waals surface area contributed by atoms with Crippen LogP contribution in [0.4, 0.5) is 10.1 Å². The van der Waals surface area contributed by atoms with Crippen molar-refractivity contribution in [1.29, 1.82) is 0 Å². The zero-order chi connectivity index (χ0) is 20.1. The minimum absolute atomic E-state index is 0.158. The fourth-order valence-corrected chi connectivity index (χ4v) is 3.26. The number of hydrogen-bond acceptors (Lipinski definition) is 4. The van der Waals surface area contributed by atoms with Crippen LogP contribution in [0.5, 0.6) is 0 Å². The van der Waals surface area contributed by atoms with Gasteiger partial charge >= 0.3 is 0 Å². The van der Waals surface area contributed by atoms with Gasteiger partial charge in [-0.2, -0.15) is 0 Å². The standard InChI is InChI=1S/C20H19FN4O2S/c1-13(26)24-16-5-3-4-14(10-16)11-22-19(27)18-12-23-20(28-2)25(18)17-8-6-15(21)7-9-17/h3-10,12H,11H2,1-2H3,(H,22,27)(H,24,26). The number of rotatable bonds is 6. The molecule has 0 aliphatic rings. The molecule has 3 aromatic rings. The Morgan fingerprint density at radius 2 is 1.93 bits per heavy atom. The molecule has 144 valence electrons. The molecular weight excluding hydrogens is 379 g/mol. The number of hydrogen-bond donors (Lipinski definition) is 2. The van der Waals surface area contributed by atoms with Gasteiger partial charge in [0.15, 0.2) is 5.16 Å². The van der Waals surface area contributed by atoms with Gasteiger partial charge in [0, 0.05) is 24.8 Å². The van der Waals surface area contributed by atoms with Gasteiger partial charge < -0.3 is 10.6 Å². The van der Waals surface area contributed by atoms with Crippen LogP contribution in [0.2, 0.25) is 0 Å². The molecule has 0 unspecified atom stereocenters. The third-order valence-corrected chi connectivity index (χ3v) is 4.58. The second-order valence-electron chi connectivity index (χ2n) is 6.01. The number of imidazole rings is 1. The Balaban J connectivity index is 1.79. The minimum Gasteiger partial charge on any atom is -0.347 e. The summed E-state index contributed by atoms with van der Waals surface area (Å²) in [5.41, 5.74) is 2.52. The normalized spacial score (nSPS) is 10.5. The molecule has 0 radical (unpaired) electrons. The summed E-state index contributed by atoms with van der Waals surface area (Å²) in [6, 6.07) is 13.1. The highest BCUT2D eigenvalue weighted by molar-refractivity contribution is 7.98. The van der Waals surface area contributed by atoms with Gasteiger partial charge in [-0.15, -0.1) is 0 Å². The molecule has 0 atom stereocenters. The minimum atomic E-state index is -0.348. The van der Waals surface area contributed by atoms with Gasteiger partial charge in [-0.05, 0) is 48.2 Å². The van der Waals surface area contributed by atoms with Crippen molar-refractivity contribution in [3.63, 3.8) is 0 Å². The molecular formula is C20H19FN4O2S. The Kier molecular flexibility index (Phi) is 6.10. The van der Waals surface area contributed by atoms with Crippen LogP contribution in [0.15, 0.2) is 59.9 Å². The molecule has 6 nitrogen and oxygen atoms in total. The number of nitrogens with one attached hydrogen (secondary N) is 2. The number of benzene rings is 2. The molecule has 0 aliphatic carbocycles. The lowest BCUT2D eigenvalue weighted by molar-refractivity contribution is -0.114. The van der Waals surface area contributed by atoms with Crippen molar-refractivity contribution in [1.82, 2.24) is 14.9 Å². The lowest BCUT2D eigenvalue weighted by Crippen LogP contribution is -2.25. The molecule has 0 saturated heterocycles. The van der Waals surface area contributed by atoms with Crippen LogP contribution in [-0.4, -0.2) is 27.6 Å². The molecule has 0 aliphatic heterocycles. The van der Waals surface area contributed by atoms with E-state index in [2.05, 4.69) is 15.6 Å². The smallest absolute Gasteiger partial charge is 0.270 e. The number of carbonyl (C=O) groups is 2. The average Bonchev–Trinajstić information content (AvgIpc) is 3.10. The molecule has 0 saturated carbocycles. The predicted molar refractivity (Wildman–Crippen MR) is 107 cm³/mol. The van der Waals surface area contributed by atoms with Crippen LogP contribution < -0.4 is 10.6 Å². The predicted octanol–water partition coefficient (Wildman–Crippen LogP) is 3.62. The first-order valence-corrected chi connectivity index (χ1v) is 9.73. The van der Waals surface area contributed by atoms with Gasteiger partial charge in [-0.3, -0.25) is 14.2 Å². The average molecular weight is 398 g/mol. The number of carbonyl (C=O) groups excluding carboxylic acids is 2. The summed E-state index contributed by atoms with van der Waals surface area (Å²) in [6.07, 6.45) is 3.36. The SMILES string of the molecule is CSc1ncc(C(=O)NCc2cccc(NC(C)=O)c2)n1-c1ccc(F)cc1. The number of nitrogens with zero attached hydrogens (tertiary/aromatic N) is 2. The maximum absolute atomic E-state index is 13.3. The summed E-state index contributed by atoms with van der Waals surface area (Å²) < 4.78 is 14.9. The summed E-state index contributed by atoms with van der Waals surface area (Å²) >= 11 is 1.39. The Hall–Kier alpha value is -3.13. The third-order valence-electron chi connectivity index (χ3n) is 3.93. The summed E-state index contributed by atoms with van der Waals surface area (Å²) in [5.74, 6) is -0.810. The number of amides is 2. The van der Waals surface area contributed by atoms with E-state index >= 15 is 0 Å². The highest BCUT2D eigenvalue weighted by atomic mass is 32.2. The Bertz CT molecular complexity index is 1000. The van der Waals surface area contributed by atoms with Crippen LogP contribution >= 0.6 is 11.8 Å². The maximum atomic E-state index is 13.3. The fraction of sp³-hybridized carbons (Fsp3) is 0.150. The second-order valence-corrected chi connectivity index (χ2v) is 6.78. The van der Waals surface area contributed by atoms with E-state index in [0.717, 1.165) is 5.56 Å². The monoisotopic (exact) mass is 398 g/mol. The summed E-state index contributed by atoms with van der Waals surface area (Å²) in [6.45, 7) is 1.73. The number of thioether (sulfide) groups is 1. The van der Waals surface area contributed by atoms with Crippen LogP contribution in [-0.2, 0) is 11.3 Å². The van der Waals surface area contributed by atoms with Crippen LogP contribution in [0.1, 0.15) is 23.0 Å². The molecule has 3 rings (SSSR count). The largest absolute Gasteiger partial charge is 0.347 e. The first-order chi connectivity index (χ1) is 13.5. The molecule has 8 heteroatoms. The molecule has 2 aromatic carbocycles. The van der Waals surface area contributed by atoms with E-state index in [0.29, 0.717) is 22.2 Å². The lowest BCUT2D eigenvalue weighted by Gasteiger charge is -2.12. The Morgan fingerprint density at radius 3 is 2.61 bits per heavy atom. The van der Waals surface area contributed by atoms with Crippen LogP contribution in [0, 0.1) is 5.82 Å². The summed E-state index contributed by atoms with van der Waals surface area (Å²) in [5, 5.41) is 6.20. The molecule has 0 fully saturated rings. The van der Waals surface area contributed by atoms with Crippen molar-refractivity contribution in [2.45, 2.75) is 18.6 Å². The van der Waals surface area contributed by atoms with Crippen LogP contribution in [0.25, 0.3) is 5.69 Å². The summed E-state index contributed by atoms with van der Waals surface area (Å²) in [7, 11) is 0.